The molecule has 1 N–H and O–H groups in total. The van der Waals surface area contributed by atoms with Gasteiger partial charge in [0.05, 0.1) is 25.4 Å². The van der Waals surface area contributed by atoms with Crippen LogP contribution in [0.2, 0.25) is 0 Å². The molecule has 144 valence electrons. The molecule has 2 atom stereocenters. The minimum absolute atomic E-state index is 0.0407. The maximum absolute atomic E-state index is 13.2. The van der Waals surface area contributed by atoms with Crippen molar-refractivity contribution in [1.29, 1.82) is 0 Å². The highest BCUT2D eigenvalue weighted by molar-refractivity contribution is 5.80. The zero-order valence-corrected chi connectivity index (χ0v) is 15.6. The minimum atomic E-state index is -0.245. The maximum atomic E-state index is 13.2. The van der Waals surface area contributed by atoms with Crippen molar-refractivity contribution in [3.63, 3.8) is 0 Å². The molecule has 0 spiro atoms. The van der Waals surface area contributed by atoms with Gasteiger partial charge in [-0.1, -0.05) is 12.1 Å². The SMILES string of the molecule is CN=C(NCCOc1cccnc1)N1CC(C)OC(c2ccc(F)cc2)C1. The van der Waals surface area contributed by atoms with Crippen molar-refractivity contribution in [3.05, 3.63) is 60.2 Å². The van der Waals surface area contributed by atoms with Crippen molar-refractivity contribution < 1.29 is 13.9 Å². The molecule has 6 nitrogen and oxygen atoms in total. The first-order valence-corrected chi connectivity index (χ1v) is 9.05. The van der Waals surface area contributed by atoms with Crippen LogP contribution in [0.5, 0.6) is 5.75 Å². The largest absolute Gasteiger partial charge is 0.490 e. The summed E-state index contributed by atoms with van der Waals surface area (Å²) in [5.41, 5.74) is 0.961. The van der Waals surface area contributed by atoms with E-state index in [0.29, 0.717) is 19.7 Å². The third kappa shape index (κ3) is 5.40. The van der Waals surface area contributed by atoms with Gasteiger partial charge >= 0.3 is 0 Å². The summed E-state index contributed by atoms with van der Waals surface area (Å²) >= 11 is 0. The van der Waals surface area contributed by atoms with Gasteiger partial charge < -0.3 is 19.7 Å². The lowest BCUT2D eigenvalue weighted by molar-refractivity contribution is -0.0605. The molecule has 1 aromatic carbocycles. The van der Waals surface area contributed by atoms with Gasteiger partial charge in [0.25, 0.3) is 0 Å². The van der Waals surface area contributed by atoms with E-state index in [1.165, 1.54) is 12.1 Å². The Kier molecular flexibility index (Phi) is 6.59. The number of guanidine groups is 1. The number of morpholine rings is 1. The van der Waals surface area contributed by atoms with Gasteiger partial charge in [-0.05, 0) is 36.8 Å². The Morgan fingerprint density at radius 3 is 2.85 bits per heavy atom. The Morgan fingerprint density at radius 2 is 2.15 bits per heavy atom. The molecule has 1 aliphatic heterocycles. The second-order valence-corrected chi connectivity index (χ2v) is 6.40. The molecule has 2 unspecified atom stereocenters. The van der Waals surface area contributed by atoms with E-state index < -0.39 is 0 Å². The van der Waals surface area contributed by atoms with Crippen LogP contribution in [0.25, 0.3) is 0 Å². The molecule has 2 heterocycles. The Morgan fingerprint density at radius 1 is 1.33 bits per heavy atom. The quantitative estimate of drug-likeness (QED) is 0.497. The molecule has 0 radical (unpaired) electrons. The molecular formula is C20H25FN4O2. The van der Waals surface area contributed by atoms with Crippen molar-refractivity contribution in [1.82, 2.24) is 15.2 Å². The van der Waals surface area contributed by atoms with Gasteiger partial charge in [0.2, 0.25) is 0 Å². The standard InChI is InChI=1S/C20H25FN4O2/c1-15-13-25(14-19(27-15)16-5-7-17(21)8-6-16)20(22-2)24-10-11-26-18-4-3-9-23-12-18/h3-9,12,15,19H,10-11,13-14H2,1-2H3,(H,22,24). The molecule has 3 rings (SSSR count). The van der Waals surface area contributed by atoms with E-state index in [2.05, 4.69) is 20.2 Å². The van der Waals surface area contributed by atoms with Gasteiger partial charge in [-0.25, -0.2) is 4.39 Å². The van der Waals surface area contributed by atoms with Crippen molar-refractivity contribution in [3.8, 4) is 5.75 Å². The fourth-order valence-electron chi connectivity index (χ4n) is 3.08. The second kappa shape index (κ2) is 9.32. The van der Waals surface area contributed by atoms with Crippen molar-refractivity contribution in [2.75, 3.05) is 33.3 Å². The van der Waals surface area contributed by atoms with Gasteiger partial charge in [0.1, 0.15) is 24.3 Å². The molecular weight excluding hydrogens is 347 g/mol. The Labute approximate surface area is 159 Å². The van der Waals surface area contributed by atoms with Crippen LogP contribution in [-0.4, -0.2) is 55.2 Å². The van der Waals surface area contributed by atoms with E-state index in [1.807, 2.05) is 19.1 Å². The van der Waals surface area contributed by atoms with Crippen molar-refractivity contribution >= 4 is 5.96 Å². The minimum Gasteiger partial charge on any atom is -0.490 e. The molecule has 0 saturated carbocycles. The van der Waals surface area contributed by atoms with E-state index in [0.717, 1.165) is 23.8 Å². The second-order valence-electron chi connectivity index (χ2n) is 6.40. The van der Waals surface area contributed by atoms with Gasteiger partial charge in [-0.15, -0.1) is 0 Å². The Balaban J connectivity index is 1.54. The highest BCUT2D eigenvalue weighted by Gasteiger charge is 2.28. The molecule has 2 aromatic rings. The zero-order valence-electron chi connectivity index (χ0n) is 15.6. The third-order valence-corrected chi connectivity index (χ3v) is 4.30. The van der Waals surface area contributed by atoms with Crippen LogP contribution in [-0.2, 0) is 4.74 Å². The van der Waals surface area contributed by atoms with Crippen molar-refractivity contribution in [2.24, 2.45) is 4.99 Å². The van der Waals surface area contributed by atoms with Gasteiger partial charge in [-0.3, -0.25) is 9.98 Å². The van der Waals surface area contributed by atoms with Gasteiger partial charge in [0, 0.05) is 19.8 Å². The van der Waals surface area contributed by atoms with Crippen LogP contribution in [0.15, 0.2) is 53.8 Å². The molecule has 1 aliphatic rings. The molecule has 7 heteroatoms. The maximum Gasteiger partial charge on any atom is 0.193 e. The summed E-state index contributed by atoms with van der Waals surface area (Å²) in [6, 6.07) is 10.2. The summed E-state index contributed by atoms with van der Waals surface area (Å²) in [4.78, 5) is 10.6. The predicted molar refractivity (Wildman–Crippen MR) is 102 cm³/mol. The zero-order chi connectivity index (χ0) is 19.1. The van der Waals surface area contributed by atoms with Crippen LogP contribution in [0, 0.1) is 5.82 Å². The molecule has 0 amide bonds. The average molecular weight is 372 g/mol. The first kappa shape index (κ1) is 19.1. The van der Waals surface area contributed by atoms with Gasteiger partial charge in [0.15, 0.2) is 5.96 Å². The van der Waals surface area contributed by atoms with E-state index in [1.54, 1.807) is 31.6 Å². The fourth-order valence-corrected chi connectivity index (χ4v) is 3.08. The van der Waals surface area contributed by atoms with E-state index in [4.69, 9.17) is 9.47 Å². The molecule has 27 heavy (non-hydrogen) atoms. The molecule has 1 aromatic heterocycles. The average Bonchev–Trinajstić information content (AvgIpc) is 2.69. The lowest BCUT2D eigenvalue weighted by Crippen LogP contribution is -2.51. The predicted octanol–water partition coefficient (Wildman–Crippen LogP) is 2.64. The number of aromatic nitrogens is 1. The van der Waals surface area contributed by atoms with E-state index >= 15 is 0 Å². The van der Waals surface area contributed by atoms with Crippen LogP contribution in [0.4, 0.5) is 4.39 Å². The number of rotatable bonds is 5. The van der Waals surface area contributed by atoms with Crippen LogP contribution >= 0.6 is 0 Å². The van der Waals surface area contributed by atoms with E-state index in [-0.39, 0.29) is 18.0 Å². The monoisotopic (exact) mass is 372 g/mol. The highest BCUT2D eigenvalue weighted by Crippen LogP contribution is 2.25. The first-order valence-electron chi connectivity index (χ1n) is 9.05. The first-order chi connectivity index (χ1) is 13.2. The molecule has 1 saturated heterocycles. The lowest BCUT2D eigenvalue weighted by atomic mass is 10.1. The number of hydrogen-bond acceptors (Lipinski definition) is 4. The summed E-state index contributed by atoms with van der Waals surface area (Å²) < 4.78 is 24.9. The highest BCUT2D eigenvalue weighted by atomic mass is 19.1. The van der Waals surface area contributed by atoms with E-state index in [9.17, 15) is 4.39 Å². The number of halogens is 1. The number of nitrogens with zero attached hydrogens (tertiary/aromatic N) is 3. The summed E-state index contributed by atoms with van der Waals surface area (Å²) in [7, 11) is 1.76. The smallest absolute Gasteiger partial charge is 0.193 e. The van der Waals surface area contributed by atoms with Crippen LogP contribution in [0.1, 0.15) is 18.6 Å². The number of aliphatic imine (C=N–C) groups is 1. The Hall–Kier alpha value is -2.67. The van der Waals surface area contributed by atoms with Crippen molar-refractivity contribution in [2.45, 2.75) is 19.1 Å². The third-order valence-electron chi connectivity index (χ3n) is 4.30. The number of nitrogens with one attached hydrogen (secondary N) is 1. The number of pyridine rings is 1. The summed E-state index contributed by atoms with van der Waals surface area (Å²) in [6.45, 7) is 4.54. The van der Waals surface area contributed by atoms with Crippen LogP contribution in [0.3, 0.4) is 0 Å². The normalized spacial score (nSPS) is 20.4. The van der Waals surface area contributed by atoms with Gasteiger partial charge in [-0.2, -0.15) is 0 Å². The van der Waals surface area contributed by atoms with Crippen LogP contribution < -0.4 is 10.1 Å². The molecule has 0 aliphatic carbocycles. The number of ether oxygens (including phenoxy) is 2. The molecule has 0 bridgehead atoms. The fraction of sp³-hybridized carbons (Fsp3) is 0.400. The topological polar surface area (TPSA) is 59.0 Å². The number of hydrogen-bond donors (Lipinski definition) is 1. The summed E-state index contributed by atoms with van der Waals surface area (Å²) in [6.07, 6.45) is 3.31. The Bertz CT molecular complexity index is 739. The summed E-state index contributed by atoms with van der Waals surface area (Å²) in [5, 5.41) is 3.33. The molecule has 1 fully saturated rings. The summed E-state index contributed by atoms with van der Waals surface area (Å²) in [5.74, 6) is 1.29. The lowest BCUT2D eigenvalue weighted by Gasteiger charge is -2.38. The number of benzene rings is 1.